The van der Waals surface area contributed by atoms with Crippen LogP contribution in [0.3, 0.4) is 0 Å². The van der Waals surface area contributed by atoms with Gasteiger partial charge in [0.2, 0.25) is 0 Å². The lowest BCUT2D eigenvalue weighted by Gasteiger charge is -2.06. The summed E-state index contributed by atoms with van der Waals surface area (Å²) in [4.78, 5) is 23.5. The summed E-state index contributed by atoms with van der Waals surface area (Å²) in [6.45, 7) is 1.88. The molecular formula is C15H11BrO3. The summed E-state index contributed by atoms with van der Waals surface area (Å²) in [6.07, 6.45) is 0. The Bertz CT molecular complexity index is 662. The second-order valence-corrected chi connectivity index (χ2v) is 5.00. The van der Waals surface area contributed by atoms with Crippen molar-refractivity contribution in [2.24, 2.45) is 0 Å². The third-order valence-corrected chi connectivity index (χ3v) is 3.71. The van der Waals surface area contributed by atoms with E-state index in [0.717, 1.165) is 10.0 Å². The summed E-state index contributed by atoms with van der Waals surface area (Å²) >= 11 is 3.37. The van der Waals surface area contributed by atoms with Gasteiger partial charge in [0.15, 0.2) is 5.78 Å². The van der Waals surface area contributed by atoms with Gasteiger partial charge in [0.05, 0.1) is 5.56 Å². The normalized spacial score (nSPS) is 10.2. The molecule has 0 amide bonds. The van der Waals surface area contributed by atoms with Crippen molar-refractivity contribution in [1.29, 1.82) is 0 Å². The molecule has 0 saturated carbocycles. The number of carboxylic acids is 1. The fraction of sp³-hybridized carbons (Fsp3) is 0.0667. The van der Waals surface area contributed by atoms with Gasteiger partial charge in [-0.05, 0) is 36.8 Å². The van der Waals surface area contributed by atoms with E-state index in [0.29, 0.717) is 5.56 Å². The molecule has 0 unspecified atom stereocenters. The largest absolute Gasteiger partial charge is 0.478 e. The number of hydrogen-bond donors (Lipinski definition) is 1. The zero-order valence-electron chi connectivity index (χ0n) is 10.2. The highest BCUT2D eigenvalue weighted by Gasteiger charge is 2.17. The fourth-order valence-corrected chi connectivity index (χ4v) is 2.06. The van der Waals surface area contributed by atoms with E-state index in [2.05, 4.69) is 15.9 Å². The van der Waals surface area contributed by atoms with Crippen LogP contribution in [0.1, 0.15) is 31.8 Å². The van der Waals surface area contributed by atoms with Gasteiger partial charge in [0.1, 0.15) is 0 Å². The first kappa shape index (κ1) is 13.5. The molecule has 0 fully saturated rings. The highest BCUT2D eigenvalue weighted by atomic mass is 79.9. The van der Waals surface area contributed by atoms with Crippen LogP contribution in [0.2, 0.25) is 0 Å². The van der Waals surface area contributed by atoms with Gasteiger partial charge < -0.3 is 5.11 Å². The van der Waals surface area contributed by atoms with Crippen LogP contribution in [0.4, 0.5) is 0 Å². The van der Waals surface area contributed by atoms with Crippen LogP contribution in [0.5, 0.6) is 0 Å². The van der Waals surface area contributed by atoms with E-state index in [1.807, 2.05) is 6.92 Å². The van der Waals surface area contributed by atoms with E-state index in [1.54, 1.807) is 30.3 Å². The zero-order valence-corrected chi connectivity index (χ0v) is 11.8. The number of ketones is 1. The number of carboxylic acid groups (broad SMARTS) is 1. The average Bonchev–Trinajstić information content (AvgIpc) is 2.41. The van der Waals surface area contributed by atoms with Crippen LogP contribution in [0.25, 0.3) is 0 Å². The number of benzene rings is 2. The molecule has 3 nitrogen and oxygen atoms in total. The maximum atomic E-state index is 12.4. The van der Waals surface area contributed by atoms with E-state index in [1.165, 1.54) is 12.1 Å². The van der Waals surface area contributed by atoms with Crippen molar-refractivity contribution >= 4 is 27.7 Å². The molecule has 0 spiro atoms. The van der Waals surface area contributed by atoms with E-state index in [9.17, 15) is 9.59 Å². The van der Waals surface area contributed by atoms with E-state index >= 15 is 0 Å². The highest BCUT2D eigenvalue weighted by molar-refractivity contribution is 9.10. The molecule has 2 aromatic carbocycles. The Morgan fingerprint density at radius 1 is 1.05 bits per heavy atom. The van der Waals surface area contributed by atoms with Gasteiger partial charge in [-0.3, -0.25) is 4.79 Å². The molecule has 96 valence electrons. The molecule has 0 aliphatic heterocycles. The Morgan fingerprint density at radius 2 is 1.68 bits per heavy atom. The predicted molar refractivity (Wildman–Crippen MR) is 75.7 cm³/mol. The first-order valence-electron chi connectivity index (χ1n) is 5.64. The zero-order chi connectivity index (χ0) is 14.0. The van der Waals surface area contributed by atoms with Crippen molar-refractivity contribution < 1.29 is 14.7 Å². The minimum absolute atomic E-state index is 0.0214. The van der Waals surface area contributed by atoms with Crippen molar-refractivity contribution in [2.45, 2.75) is 6.92 Å². The van der Waals surface area contributed by atoms with Crippen molar-refractivity contribution in [3.05, 3.63) is 69.2 Å². The van der Waals surface area contributed by atoms with Gasteiger partial charge in [-0.2, -0.15) is 0 Å². The van der Waals surface area contributed by atoms with Crippen molar-refractivity contribution in [1.82, 2.24) is 0 Å². The van der Waals surface area contributed by atoms with Crippen LogP contribution in [0.15, 0.2) is 46.9 Å². The third kappa shape index (κ3) is 2.74. The lowest BCUT2D eigenvalue weighted by atomic mass is 9.97. The van der Waals surface area contributed by atoms with Gasteiger partial charge in [-0.1, -0.05) is 34.1 Å². The molecule has 0 aliphatic carbocycles. The molecule has 0 atom stereocenters. The second kappa shape index (κ2) is 5.36. The Balaban J connectivity index is 2.50. The Morgan fingerprint density at radius 3 is 2.26 bits per heavy atom. The molecule has 4 heteroatoms. The minimum atomic E-state index is -1.10. The molecule has 2 aromatic rings. The number of halogens is 1. The number of aromatic carboxylic acids is 1. The van der Waals surface area contributed by atoms with E-state index < -0.39 is 5.97 Å². The van der Waals surface area contributed by atoms with E-state index in [-0.39, 0.29) is 16.9 Å². The summed E-state index contributed by atoms with van der Waals surface area (Å²) in [5.74, 6) is -1.38. The molecule has 0 aliphatic rings. The number of carbonyl (C=O) groups excluding carboxylic acids is 1. The first-order valence-corrected chi connectivity index (χ1v) is 6.43. The van der Waals surface area contributed by atoms with E-state index in [4.69, 9.17) is 5.11 Å². The molecule has 0 saturated heterocycles. The van der Waals surface area contributed by atoms with Gasteiger partial charge in [-0.25, -0.2) is 4.79 Å². The van der Waals surface area contributed by atoms with Crippen LogP contribution >= 0.6 is 15.9 Å². The number of carbonyl (C=O) groups is 2. The fourth-order valence-electron chi connectivity index (χ4n) is 1.81. The summed E-state index contributed by atoms with van der Waals surface area (Å²) < 4.78 is 0.913. The SMILES string of the molecule is Cc1cc(C(=O)c2ccccc2C(=O)O)ccc1Br. The molecular weight excluding hydrogens is 308 g/mol. The van der Waals surface area contributed by atoms with Crippen LogP contribution < -0.4 is 0 Å². The maximum absolute atomic E-state index is 12.4. The average molecular weight is 319 g/mol. The lowest BCUT2D eigenvalue weighted by Crippen LogP contribution is -2.09. The maximum Gasteiger partial charge on any atom is 0.336 e. The molecule has 0 radical (unpaired) electrons. The minimum Gasteiger partial charge on any atom is -0.478 e. The van der Waals surface area contributed by atoms with Crippen LogP contribution in [-0.4, -0.2) is 16.9 Å². The van der Waals surface area contributed by atoms with Crippen molar-refractivity contribution in [3.8, 4) is 0 Å². The smallest absolute Gasteiger partial charge is 0.336 e. The second-order valence-electron chi connectivity index (χ2n) is 4.14. The van der Waals surface area contributed by atoms with Crippen LogP contribution in [0, 0.1) is 6.92 Å². The molecule has 0 heterocycles. The molecule has 1 N–H and O–H groups in total. The van der Waals surface area contributed by atoms with Crippen molar-refractivity contribution in [2.75, 3.05) is 0 Å². The molecule has 0 aromatic heterocycles. The lowest BCUT2D eigenvalue weighted by molar-refractivity contribution is 0.0693. The quantitative estimate of drug-likeness (QED) is 0.878. The highest BCUT2D eigenvalue weighted by Crippen LogP contribution is 2.20. The Hall–Kier alpha value is -1.94. The molecule has 2 rings (SSSR count). The number of hydrogen-bond acceptors (Lipinski definition) is 2. The molecule has 0 bridgehead atoms. The van der Waals surface area contributed by atoms with Gasteiger partial charge in [-0.15, -0.1) is 0 Å². The van der Waals surface area contributed by atoms with Gasteiger partial charge in [0, 0.05) is 15.6 Å². The number of rotatable bonds is 3. The Labute approximate surface area is 119 Å². The third-order valence-electron chi connectivity index (χ3n) is 2.82. The topological polar surface area (TPSA) is 54.4 Å². The summed E-state index contributed by atoms with van der Waals surface area (Å²) in [7, 11) is 0. The first-order chi connectivity index (χ1) is 9.00. The monoisotopic (exact) mass is 318 g/mol. The van der Waals surface area contributed by atoms with Crippen LogP contribution in [-0.2, 0) is 0 Å². The van der Waals surface area contributed by atoms with Gasteiger partial charge >= 0.3 is 5.97 Å². The van der Waals surface area contributed by atoms with Gasteiger partial charge in [0.25, 0.3) is 0 Å². The predicted octanol–water partition coefficient (Wildman–Crippen LogP) is 3.69. The van der Waals surface area contributed by atoms with Crippen molar-refractivity contribution in [3.63, 3.8) is 0 Å². The summed E-state index contributed by atoms with van der Waals surface area (Å²) in [5.41, 5.74) is 1.64. The molecule has 19 heavy (non-hydrogen) atoms. The summed E-state index contributed by atoms with van der Waals surface area (Å²) in [5, 5.41) is 9.10. The standard InChI is InChI=1S/C15H11BrO3/c1-9-8-10(6-7-13(9)16)14(17)11-4-2-3-5-12(11)15(18)19/h2-8H,1H3,(H,18,19). The summed E-state index contributed by atoms with van der Waals surface area (Å²) in [6, 6.07) is 11.4. The Kier molecular flexibility index (Phi) is 3.81. The number of aryl methyl sites for hydroxylation is 1.